The standard InChI is InChI=1S/C27H25N3O4/c1-33-25-16-10-9-15-23(25)27(20-11-5-3-6-12-20,21-13-7-4-8-14-21)30(34-2)29-24-17-18-28-19-22(24)26(31)32/h3-19H,1-2H3,(H,28,29)(H,31,32). The molecule has 0 aliphatic rings. The predicted octanol–water partition coefficient (Wildman–Crippen LogP) is 4.97. The highest BCUT2D eigenvalue weighted by Gasteiger charge is 2.46. The van der Waals surface area contributed by atoms with E-state index in [2.05, 4.69) is 10.4 Å². The minimum atomic E-state index is -1.10. The summed E-state index contributed by atoms with van der Waals surface area (Å²) < 4.78 is 5.79. The normalized spacial score (nSPS) is 11.3. The summed E-state index contributed by atoms with van der Waals surface area (Å²) in [5.41, 5.74) is 5.04. The molecule has 0 saturated carbocycles. The van der Waals surface area contributed by atoms with E-state index in [9.17, 15) is 9.90 Å². The lowest BCUT2D eigenvalue weighted by atomic mass is 9.76. The number of benzene rings is 3. The smallest absolute Gasteiger partial charge is 0.339 e. The summed E-state index contributed by atoms with van der Waals surface area (Å²) in [6.45, 7) is 0. The topological polar surface area (TPSA) is 83.9 Å². The van der Waals surface area contributed by atoms with E-state index in [0.29, 0.717) is 11.4 Å². The van der Waals surface area contributed by atoms with Gasteiger partial charge in [0.2, 0.25) is 0 Å². The Morgan fingerprint density at radius 2 is 1.47 bits per heavy atom. The summed E-state index contributed by atoms with van der Waals surface area (Å²) in [6, 6.07) is 29.0. The molecule has 4 rings (SSSR count). The molecule has 0 aliphatic heterocycles. The van der Waals surface area contributed by atoms with Gasteiger partial charge in [-0.15, -0.1) is 0 Å². The van der Waals surface area contributed by atoms with Crippen LogP contribution in [-0.2, 0) is 10.4 Å². The zero-order valence-electron chi connectivity index (χ0n) is 18.9. The highest BCUT2D eigenvalue weighted by atomic mass is 16.7. The molecule has 0 bridgehead atoms. The van der Waals surface area contributed by atoms with Gasteiger partial charge in [-0.2, -0.15) is 0 Å². The second-order valence-corrected chi connectivity index (χ2v) is 7.46. The molecule has 0 unspecified atom stereocenters. The van der Waals surface area contributed by atoms with Crippen molar-refractivity contribution in [2.75, 3.05) is 19.6 Å². The molecule has 0 radical (unpaired) electrons. The molecule has 0 saturated heterocycles. The van der Waals surface area contributed by atoms with Gasteiger partial charge < -0.3 is 9.84 Å². The van der Waals surface area contributed by atoms with Gasteiger partial charge in [-0.3, -0.25) is 15.2 Å². The third-order valence-corrected chi connectivity index (χ3v) is 5.64. The molecule has 0 fully saturated rings. The summed E-state index contributed by atoms with van der Waals surface area (Å²) >= 11 is 0. The van der Waals surface area contributed by atoms with E-state index >= 15 is 0 Å². The number of methoxy groups -OCH3 is 1. The van der Waals surface area contributed by atoms with E-state index in [0.717, 1.165) is 16.7 Å². The number of carbonyl (C=O) groups is 1. The van der Waals surface area contributed by atoms with Crippen LogP contribution in [0, 0.1) is 0 Å². The Bertz CT molecular complexity index is 1210. The van der Waals surface area contributed by atoms with E-state index in [1.807, 2.05) is 84.9 Å². The van der Waals surface area contributed by atoms with Crippen LogP contribution in [0.4, 0.5) is 5.69 Å². The molecule has 0 spiro atoms. The Labute approximate surface area is 198 Å². The Hall–Kier alpha value is -4.20. The summed E-state index contributed by atoms with van der Waals surface area (Å²) in [5.74, 6) is -0.457. The maximum Gasteiger partial charge on any atom is 0.339 e. The monoisotopic (exact) mass is 455 g/mol. The number of nitrogens with one attached hydrogen (secondary N) is 1. The van der Waals surface area contributed by atoms with E-state index in [1.54, 1.807) is 18.3 Å². The van der Waals surface area contributed by atoms with Gasteiger partial charge in [0.15, 0.2) is 0 Å². The van der Waals surface area contributed by atoms with E-state index in [-0.39, 0.29) is 5.56 Å². The Morgan fingerprint density at radius 1 is 0.882 bits per heavy atom. The first-order valence-electron chi connectivity index (χ1n) is 10.7. The Morgan fingerprint density at radius 3 is 2.03 bits per heavy atom. The summed E-state index contributed by atoms with van der Waals surface area (Å²) in [4.78, 5) is 21.8. The van der Waals surface area contributed by atoms with Crippen molar-refractivity contribution in [1.29, 1.82) is 0 Å². The molecule has 7 heteroatoms. The number of hydrogen-bond acceptors (Lipinski definition) is 6. The van der Waals surface area contributed by atoms with Crippen LogP contribution in [0.2, 0.25) is 0 Å². The largest absolute Gasteiger partial charge is 0.496 e. The van der Waals surface area contributed by atoms with Crippen LogP contribution in [0.3, 0.4) is 0 Å². The van der Waals surface area contributed by atoms with Crippen LogP contribution in [0.15, 0.2) is 103 Å². The van der Waals surface area contributed by atoms with Gasteiger partial charge in [-0.25, -0.2) is 4.79 Å². The van der Waals surface area contributed by atoms with Gasteiger partial charge in [-0.1, -0.05) is 84.0 Å². The molecule has 4 aromatic rings. The number of nitrogens with zero attached hydrogens (tertiary/aromatic N) is 2. The van der Waals surface area contributed by atoms with Crippen molar-refractivity contribution in [3.05, 3.63) is 126 Å². The molecule has 1 heterocycles. The molecule has 3 aromatic carbocycles. The van der Waals surface area contributed by atoms with Crippen molar-refractivity contribution < 1.29 is 19.5 Å². The lowest BCUT2D eigenvalue weighted by Crippen LogP contribution is -2.50. The number of aromatic nitrogens is 1. The van der Waals surface area contributed by atoms with E-state index in [1.165, 1.54) is 19.5 Å². The maximum atomic E-state index is 11.9. The van der Waals surface area contributed by atoms with Gasteiger partial charge in [-0.05, 0) is 23.3 Å². The number of para-hydroxylation sites is 1. The molecule has 2 N–H and O–H groups in total. The van der Waals surface area contributed by atoms with Crippen LogP contribution in [0.25, 0.3) is 0 Å². The first-order valence-corrected chi connectivity index (χ1v) is 10.7. The zero-order chi connectivity index (χ0) is 24.0. The van der Waals surface area contributed by atoms with Crippen molar-refractivity contribution in [3.63, 3.8) is 0 Å². The second kappa shape index (κ2) is 10.2. The van der Waals surface area contributed by atoms with Crippen molar-refractivity contribution in [3.8, 4) is 5.75 Å². The maximum absolute atomic E-state index is 11.9. The molecular formula is C27H25N3O4. The van der Waals surface area contributed by atoms with Crippen LogP contribution in [0.1, 0.15) is 27.0 Å². The lowest BCUT2D eigenvalue weighted by molar-refractivity contribution is -0.161. The van der Waals surface area contributed by atoms with Crippen molar-refractivity contribution in [2.45, 2.75) is 5.54 Å². The SMILES string of the molecule is COc1ccccc1C(c1ccccc1)(c1ccccc1)N(Nc1ccncc1C(=O)O)OC. The van der Waals surface area contributed by atoms with Crippen LogP contribution < -0.4 is 10.2 Å². The molecule has 0 amide bonds. The number of rotatable bonds is 9. The number of hydrogen-bond donors (Lipinski definition) is 2. The fourth-order valence-electron chi connectivity index (χ4n) is 4.16. The fraction of sp³-hybridized carbons (Fsp3) is 0.111. The van der Waals surface area contributed by atoms with Gasteiger partial charge in [0.25, 0.3) is 0 Å². The fourth-order valence-corrected chi connectivity index (χ4v) is 4.16. The van der Waals surface area contributed by atoms with Gasteiger partial charge in [0, 0.05) is 18.0 Å². The predicted molar refractivity (Wildman–Crippen MR) is 129 cm³/mol. The average Bonchev–Trinajstić information content (AvgIpc) is 2.90. The quantitative estimate of drug-likeness (QED) is 0.272. The molecule has 0 aliphatic carbocycles. The van der Waals surface area contributed by atoms with Crippen molar-refractivity contribution >= 4 is 11.7 Å². The summed E-state index contributed by atoms with van der Waals surface area (Å²) in [6.07, 6.45) is 2.83. The number of hydroxylamine groups is 1. The molecule has 172 valence electrons. The van der Waals surface area contributed by atoms with Crippen LogP contribution in [-0.4, -0.2) is 35.5 Å². The zero-order valence-corrected chi connectivity index (χ0v) is 18.9. The highest BCUT2D eigenvalue weighted by Crippen LogP contribution is 2.46. The van der Waals surface area contributed by atoms with Gasteiger partial charge in [0.05, 0.1) is 19.9 Å². The minimum Gasteiger partial charge on any atom is -0.496 e. The highest BCUT2D eigenvalue weighted by molar-refractivity contribution is 5.93. The number of carboxylic acid groups (broad SMARTS) is 1. The van der Waals surface area contributed by atoms with Crippen molar-refractivity contribution in [1.82, 2.24) is 10.2 Å². The first kappa shape index (κ1) is 23.0. The minimum absolute atomic E-state index is 0.0135. The lowest BCUT2D eigenvalue weighted by Gasteiger charge is -2.44. The summed E-state index contributed by atoms with van der Waals surface area (Å²) in [5, 5.41) is 11.3. The summed E-state index contributed by atoms with van der Waals surface area (Å²) in [7, 11) is 3.15. The first-order chi connectivity index (χ1) is 16.6. The second-order valence-electron chi connectivity index (χ2n) is 7.46. The Balaban J connectivity index is 2.05. The van der Waals surface area contributed by atoms with Crippen LogP contribution >= 0.6 is 0 Å². The van der Waals surface area contributed by atoms with Gasteiger partial charge in [0.1, 0.15) is 16.9 Å². The number of anilines is 1. The third kappa shape index (κ3) is 4.10. The average molecular weight is 456 g/mol. The molecule has 7 nitrogen and oxygen atoms in total. The van der Waals surface area contributed by atoms with Gasteiger partial charge >= 0.3 is 5.97 Å². The third-order valence-electron chi connectivity index (χ3n) is 5.64. The van der Waals surface area contributed by atoms with E-state index in [4.69, 9.17) is 9.57 Å². The van der Waals surface area contributed by atoms with Crippen molar-refractivity contribution in [2.24, 2.45) is 0 Å². The van der Waals surface area contributed by atoms with E-state index < -0.39 is 11.5 Å². The molecule has 1 aromatic heterocycles. The number of aromatic carboxylic acids is 1. The number of ether oxygens (including phenoxy) is 1. The molecule has 0 atom stereocenters. The Kier molecular flexibility index (Phi) is 6.87. The molecule has 34 heavy (non-hydrogen) atoms. The molecular weight excluding hydrogens is 430 g/mol. The number of pyridine rings is 1. The van der Waals surface area contributed by atoms with Crippen LogP contribution in [0.5, 0.6) is 5.75 Å². The number of carboxylic acids is 1. The number of hydrazine groups is 1.